The molecule has 0 aliphatic rings. The molecule has 1 amide bonds. The van der Waals surface area contributed by atoms with Gasteiger partial charge in [0.2, 0.25) is 5.91 Å². The normalized spacial score (nSPS) is 10.9. The summed E-state index contributed by atoms with van der Waals surface area (Å²) in [6.07, 6.45) is 0.875. The van der Waals surface area contributed by atoms with Gasteiger partial charge in [0.15, 0.2) is 0 Å². The first kappa shape index (κ1) is 17.3. The van der Waals surface area contributed by atoms with Gasteiger partial charge in [0.05, 0.1) is 16.6 Å². The molecule has 22 heavy (non-hydrogen) atoms. The molecular formula is C16H18Cl2N2OS. The number of hydrogen-bond donors (Lipinski definition) is 1. The summed E-state index contributed by atoms with van der Waals surface area (Å²) in [5, 5.41) is 6.06. The molecule has 118 valence electrons. The van der Waals surface area contributed by atoms with Crippen molar-refractivity contribution in [2.75, 3.05) is 20.1 Å². The van der Waals surface area contributed by atoms with Gasteiger partial charge in [-0.1, -0.05) is 35.3 Å². The summed E-state index contributed by atoms with van der Waals surface area (Å²) in [6, 6.07) is 9.61. The van der Waals surface area contributed by atoms with Crippen molar-refractivity contribution in [3.63, 3.8) is 0 Å². The van der Waals surface area contributed by atoms with E-state index in [1.54, 1.807) is 17.4 Å². The molecule has 2 aromatic rings. The van der Waals surface area contributed by atoms with E-state index in [9.17, 15) is 4.79 Å². The fraction of sp³-hybridized carbons (Fsp3) is 0.312. The van der Waals surface area contributed by atoms with E-state index in [-0.39, 0.29) is 5.91 Å². The van der Waals surface area contributed by atoms with Crippen LogP contribution in [0.15, 0.2) is 35.7 Å². The number of benzene rings is 1. The Hall–Kier alpha value is -1.07. The van der Waals surface area contributed by atoms with Gasteiger partial charge in [-0.2, -0.15) is 0 Å². The molecule has 0 unspecified atom stereocenters. The Morgan fingerprint density at radius 1 is 1.27 bits per heavy atom. The fourth-order valence-corrected chi connectivity index (χ4v) is 3.12. The largest absolute Gasteiger partial charge is 0.355 e. The summed E-state index contributed by atoms with van der Waals surface area (Å²) < 4.78 is 0. The van der Waals surface area contributed by atoms with Crippen LogP contribution in [0.5, 0.6) is 0 Å². The van der Waals surface area contributed by atoms with E-state index >= 15 is 0 Å². The van der Waals surface area contributed by atoms with Gasteiger partial charge < -0.3 is 5.32 Å². The molecule has 0 aliphatic heterocycles. The smallest absolute Gasteiger partial charge is 0.234 e. The molecule has 0 atom stereocenters. The molecule has 0 spiro atoms. The van der Waals surface area contributed by atoms with Crippen LogP contribution in [0.2, 0.25) is 10.0 Å². The van der Waals surface area contributed by atoms with Crippen LogP contribution in [0.3, 0.4) is 0 Å². The van der Waals surface area contributed by atoms with Crippen LogP contribution < -0.4 is 5.32 Å². The highest BCUT2D eigenvalue weighted by Crippen LogP contribution is 2.23. The van der Waals surface area contributed by atoms with Crippen LogP contribution in [0.4, 0.5) is 0 Å². The van der Waals surface area contributed by atoms with Crippen molar-refractivity contribution >= 4 is 40.4 Å². The molecule has 3 nitrogen and oxygen atoms in total. The Kier molecular flexibility index (Phi) is 6.70. The van der Waals surface area contributed by atoms with E-state index in [0.717, 1.165) is 12.0 Å². The zero-order valence-corrected chi connectivity index (χ0v) is 14.6. The van der Waals surface area contributed by atoms with Gasteiger partial charge in [0.25, 0.3) is 0 Å². The van der Waals surface area contributed by atoms with Crippen LogP contribution in [-0.4, -0.2) is 30.9 Å². The van der Waals surface area contributed by atoms with E-state index in [1.807, 2.05) is 35.5 Å². The summed E-state index contributed by atoms with van der Waals surface area (Å²) in [6.45, 7) is 1.67. The van der Waals surface area contributed by atoms with Gasteiger partial charge in [-0.15, -0.1) is 11.3 Å². The number of nitrogens with zero attached hydrogens (tertiary/aromatic N) is 1. The third-order valence-corrected chi connectivity index (χ3v) is 4.80. The molecule has 6 heteroatoms. The van der Waals surface area contributed by atoms with Crippen molar-refractivity contribution < 1.29 is 4.79 Å². The third-order valence-electron chi connectivity index (χ3n) is 3.12. The van der Waals surface area contributed by atoms with Crippen LogP contribution in [-0.2, 0) is 17.8 Å². The number of rotatable bonds is 7. The van der Waals surface area contributed by atoms with Crippen molar-refractivity contribution in [1.82, 2.24) is 10.2 Å². The van der Waals surface area contributed by atoms with Gasteiger partial charge in [0.1, 0.15) is 0 Å². The molecule has 0 saturated heterocycles. The lowest BCUT2D eigenvalue weighted by atomic mass is 10.2. The highest BCUT2D eigenvalue weighted by Gasteiger charge is 2.08. The maximum Gasteiger partial charge on any atom is 0.234 e. The second-order valence-electron chi connectivity index (χ2n) is 5.10. The lowest BCUT2D eigenvalue weighted by Gasteiger charge is -2.16. The second kappa shape index (κ2) is 8.53. The fourth-order valence-electron chi connectivity index (χ4n) is 2.09. The van der Waals surface area contributed by atoms with Crippen molar-refractivity contribution in [2.24, 2.45) is 0 Å². The molecular weight excluding hydrogens is 339 g/mol. The topological polar surface area (TPSA) is 32.3 Å². The highest BCUT2D eigenvalue weighted by molar-refractivity contribution is 7.09. The number of halogens is 2. The molecule has 0 saturated carbocycles. The van der Waals surface area contributed by atoms with Gasteiger partial charge in [0, 0.05) is 18.0 Å². The van der Waals surface area contributed by atoms with E-state index in [4.69, 9.17) is 23.2 Å². The average molecular weight is 357 g/mol. The number of carbonyl (C=O) groups is 1. The third kappa shape index (κ3) is 5.61. The monoisotopic (exact) mass is 356 g/mol. The van der Waals surface area contributed by atoms with Crippen molar-refractivity contribution in [1.29, 1.82) is 0 Å². The first-order valence-corrected chi connectivity index (χ1v) is 8.59. The zero-order chi connectivity index (χ0) is 15.9. The van der Waals surface area contributed by atoms with Crippen LogP contribution in [0, 0.1) is 0 Å². The molecule has 0 aliphatic carbocycles. The molecule has 0 radical (unpaired) electrons. The Bertz CT molecular complexity index is 617. The minimum absolute atomic E-state index is 0.0270. The molecule has 1 N–H and O–H groups in total. The van der Waals surface area contributed by atoms with Crippen LogP contribution in [0.25, 0.3) is 0 Å². The molecule has 1 aromatic heterocycles. The maximum atomic E-state index is 11.9. The van der Waals surface area contributed by atoms with E-state index in [0.29, 0.717) is 29.7 Å². The summed E-state index contributed by atoms with van der Waals surface area (Å²) >= 11 is 13.6. The second-order valence-corrected chi connectivity index (χ2v) is 6.95. The quantitative estimate of drug-likeness (QED) is 0.817. The summed E-state index contributed by atoms with van der Waals surface area (Å²) in [4.78, 5) is 15.1. The standard InChI is InChI=1S/C16H18Cl2N2OS/c1-20(10-12-4-5-14(17)15(18)9-12)11-16(21)19-7-6-13-3-2-8-22-13/h2-5,8-9H,6-7,10-11H2,1H3,(H,19,21). The number of likely N-dealkylation sites (N-methyl/N-ethyl adjacent to an activating group) is 1. The SMILES string of the molecule is CN(CC(=O)NCCc1cccs1)Cc1ccc(Cl)c(Cl)c1. The van der Waals surface area contributed by atoms with E-state index in [1.165, 1.54) is 4.88 Å². The molecule has 2 rings (SSSR count). The molecule has 1 heterocycles. The lowest BCUT2D eigenvalue weighted by molar-refractivity contribution is -0.122. The number of nitrogens with one attached hydrogen (secondary N) is 1. The van der Waals surface area contributed by atoms with Gasteiger partial charge in [-0.05, 0) is 42.6 Å². The number of amides is 1. The van der Waals surface area contributed by atoms with Crippen molar-refractivity contribution in [3.8, 4) is 0 Å². The molecule has 1 aromatic carbocycles. The molecule has 0 fully saturated rings. The lowest BCUT2D eigenvalue weighted by Crippen LogP contribution is -2.35. The predicted octanol–water partition coefficient (Wildman–Crippen LogP) is 3.85. The maximum absolute atomic E-state index is 11.9. The Morgan fingerprint density at radius 2 is 2.09 bits per heavy atom. The Balaban J connectivity index is 1.72. The Morgan fingerprint density at radius 3 is 2.77 bits per heavy atom. The van der Waals surface area contributed by atoms with Crippen LogP contribution >= 0.6 is 34.5 Å². The number of thiophene rings is 1. The first-order chi connectivity index (χ1) is 10.5. The number of carbonyl (C=O) groups excluding carboxylic acids is 1. The number of hydrogen-bond acceptors (Lipinski definition) is 3. The van der Waals surface area contributed by atoms with Gasteiger partial charge in [-0.3, -0.25) is 9.69 Å². The van der Waals surface area contributed by atoms with Crippen molar-refractivity contribution in [2.45, 2.75) is 13.0 Å². The summed E-state index contributed by atoms with van der Waals surface area (Å²) in [5.41, 5.74) is 1.03. The highest BCUT2D eigenvalue weighted by atomic mass is 35.5. The molecule has 0 bridgehead atoms. The van der Waals surface area contributed by atoms with E-state index in [2.05, 4.69) is 11.4 Å². The van der Waals surface area contributed by atoms with Gasteiger partial charge in [-0.25, -0.2) is 0 Å². The summed E-state index contributed by atoms with van der Waals surface area (Å²) in [7, 11) is 1.90. The Labute approximate surface area is 144 Å². The zero-order valence-electron chi connectivity index (χ0n) is 12.3. The minimum Gasteiger partial charge on any atom is -0.355 e. The average Bonchev–Trinajstić information content (AvgIpc) is 2.96. The predicted molar refractivity (Wildman–Crippen MR) is 93.8 cm³/mol. The summed E-state index contributed by atoms with van der Waals surface area (Å²) in [5.74, 6) is 0.0270. The first-order valence-electron chi connectivity index (χ1n) is 6.96. The van der Waals surface area contributed by atoms with Crippen molar-refractivity contribution in [3.05, 3.63) is 56.2 Å². The van der Waals surface area contributed by atoms with E-state index < -0.39 is 0 Å². The minimum atomic E-state index is 0.0270. The van der Waals surface area contributed by atoms with Gasteiger partial charge >= 0.3 is 0 Å². The van der Waals surface area contributed by atoms with Crippen LogP contribution in [0.1, 0.15) is 10.4 Å².